The molecule has 1 aliphatic rings. The quantitative estimate of drug-likeness (QED) is 0.559. The van der Waals surface area contributed by atoms with Gasteiger partial charge < -0.3 is 5.73 Å². The first-order valence-corrected chi connectivity index (χ1v) is 2.94. The molecule has 0 saturated carbocycles. The maximum absolute atomic E-state index is 12.3. The van der Waals surface area contributed by atoms with Crippen molar-refractivity contribution in [2.24, 2.45) is 5.73 Å². The lowest BCUT2D eigenvalue weighted by atomic mass is 10.3. The number of rotatable bonds is 1. The van der Waals surface area contributed by atoms with Crippen LogP contribution in [0.4, 0.5) is 8.78 Å². The molecule has 2 N–H and O–H groups in total. The van der Waals surface area contributed by atoms with Crippen LogP contribution in [0.15, 0.2) is 0 Å². The maximum atomic E-state index is 12.3. The predicted molar refractivity (Wildman–Crippen MR) is 30.2 cm³/mol. The second-order valence-corrected chi connectivity index (χ2v) is 2.34. The number of nitrogens with zero attached hydrogens (tertiary/aromatic N) is 1. The molecule has 0 atom stereocenters. The molecule has 0 amide bonds. The van der Waals surface area contributed by atoms with Gasteiger partial charge in [0.1, 0.15) is 0 Å². The smallest absolute Gasteiger partial charge is 0.261 e. The third-order valence-electron chi connectivity index (χ3n) is 1.51. The molecular formula is C5H10F2N2. The van der Waals surface area contributed by atoms with Crippen LogP contribution in [0.1, 0.15) is 6.42 Å². The minimum atomic E-state index is -2.49. The number of likely N-dealkylation sites (tertiary alicyclic amines) is 1. The highest BCUT2D eigenvalue weighted by atomic mass is 19.3. The number of hydrogen-bond acceptors (Lipinski definition) is 2. The molecule has 0 aromatic heterocycles. The van der Waals surface area contributed by atoms with Gasteiger partial charge in [0.15, 0.2) is 0 Å². The standard InChI is InChI=1S/C5H10F2N2/c6-5(7)1-2-9(3-5)4-8/h1-4,8H2. The number of hydrogen-bond donors (Lipinski definition) is 1. The van der Waals surface area contributed by atoms with Crippen molar-refractivity contribution in [1.82, 2.24) is 4.90 Å². The molecule has 0 aliphatic carbocycles. The minimum absolute atomic E-state index is 0.0375. The van der Waals surface area contributed by atoms with Crippen LogP contribution in [0, 0.1) is 0 Å². The molecule has 0 bridgehead atoms. The van der Waals surface area contributed by atoms with Crippen LogP contribution in [0.3, 0.4) is 0 Å². The van der Waals surface area contributed by atoms with Gasteiger partial charge in [-0.2, -0.15) is 0 Å². The fourth-order valence-electron chi connectivity index (χ4n) is 0.963. The van der Waals surface area contributed by atoms with E-state index in [-0.39, 0.29) is 19.6 Å². The summed E-state index contributed by atoms with van der Waals surface area (Å²) in [5.74, 6) is -2.49. The summed E-state index contributed by atoms with van der Waals surface area (Å²) in [5, 5.41) is 0. The Balaban J connectivity index is 2.38. The van der Waals surface area contributed by atoms with E-state index < -0.39 is 5.92 Å². The van der Waals surface area contributed by atoms with Gasteiger partial charge in [0, 0.05) is 19.6 Å². The Hall–Kier alpha value is -0.220. The number of alkyl halides is 2. The van der Waals surface area contributed by atoms with Gasteiger partial charge in [0.25, 0.3) is 5.92 Å². The Labute approximate surface area is 52.6 Å². The summed E-state index contributed by atoms with van der Waals surface area (Å²) in [7, 11) is 0. The van der Waals surface area contributed by atoms with Crippen LogP contribution in [0.25, 0.3) is 0 Å². The van der Waals surface area contributed by atoms with Crippen molar-refractivity contribution >= 4 is 0 Å². The van der Waals surface area contributed by atoms with Crippen LogP contribution >= 0.6 is 0 Å². The van der Waals surface area contributed by atoms with Gasteiger partial charge in [0.2, 0.25) is 0 Å². The van der Waals surface area contributed by atoms with Crippen LogP contribution in [-0.4, -0.2) is 30.6 Å². The molecule has 1 aliphatic heterocycles. The summed E-state index contributed by atoms with van der Waals surface area (Å²) in [6, 6.07) is 0. The molecule has 2 nitrogen and oxygen atoms in total. The zero-order valence-electron chi connectivity index (χ0n) is 5.11. The van der Waals surface area contributed by atoms with E-state index in [0.29, 0.717) is 6.54 Å². The fraction of sp³-hybridized carbons (Fsp3) is 1.00. The molecule has 4 heteroatoms. The summed E-state index contributed by atoms with van der Waals surface area (Å²) in [5.41, 5.74) is 5.15. The van der Waals surface area contributed by atoms with E-state index in [1.807, 2.05) is 0 Å². The first-order valence-electron chi connectivity index (χ1n) is 2.94. The third-order valence-corrected chi connectivity index (χ3v) is 1.51. The highest BCUT2D eigenvalue weighted by Crippen LogP contribution is 2.25. The largest absolute Gasteiger partial charge is 0.318 e. The number of nitrogens with two attached hydrogens (primary N) is 1. The lowest BCUT2D eigenvalue weighted by Gasteiger charge is -2.10. The molecule has 1 fully saturated rings. The monoisotopic (exact) mass is 136 g/mol. The zero-order valence-corrected chi connectivity index (χ0v) is 5.11. The molecule has 54 valence electrons. The summed E-state index contributed by atoms with van der Waals surface area (Å²) < 4.78 is 24.6. The normalized spacial score (nSPS) is 27.0. The van der Waals surface area contributed by atoms with Gasteiger partial charge in [-0.1, -0.05) is 0 Å². The van der Waals surface area contributed by atoms with Crippen LogP contribution in [0.5, 0.6) is 0 Å². The van der Waals surface area contributed by atoms with E-state index in [1.165, 1.54) is 0 Å². The first kappa shape index (κ1) is 6.89. The Kier molecular flexibility index (Phi) is 1.68. The van der Waals surface area contributed by atoms with Crippen molar-refractivity contribution in [1.29, 1.82) is 0 Å². The Morgan fingerprint density at radius 3 is 2.44 bits per heavy atom. The minimum Gasteiger partial charge on any atom is -0.318 e. The van der Waals surface area contributed by atoms with Crippen molar-refractivity contribution in [2.75, 3.05) is 19.8 Å². The zero-order chi connectivity index (χ0) is 6.91. The van der Waals surface area contributed by atoms with Gasteiger partial charge in [0.05, 0.1) is 6.54 Å². The van der Waals surface area contributed by atoms with Gasteiger partial charge >= 0.3 is 0 Å². The molecule has 9 heavy (non-hydrogen) atoms. The summed E-state index contributed by atoms with van der Waals surface area (Å²) in [4.78, 5) is 1.54. The Morgan fingerprint density at radius 1 is 1.56 bits per heavy atom. The predicted octanol–water partition coefficient (Wildman–Crippen LogP) is 0.244. The average Bonchev–Trinajstić information content (AvgIpc) is 2.10. The van der Waals surface area contributed by atoms with E-state index in [4.69, 9.17) is 5.73 Å². The Bertz CT molecular complexity index is 105. The summed E-state index contributed by atoms with van der Waals surface area (Å²) in [6.45, 7) is 0.516. The van der Waals surface area contributed by atoms with E-state index in [0.717, 1.165) is 0 Å². The molecule has 1 rings (SSSR count). The molecule has 0 unspecified atom stereocenters. The maximum Gasteiger partial charge on any atom is 0.261 e. The lowest BCUT2D eigenvalue weighted by Crippen LogP contribution is -2.30. The van der Waals surface area contributed by atoms with Gasteiger partial charge in [-0.3, -0.25) is 4.90 Å². The second kappa shape index (κ2) is 2.19. The Morgan fingerprint density at radius 2 is 2.22 bits per heavy atom. The average molecular weight is 136 g/mol. The summed E-state index contributed by atoms with van der Waals surface area (Å²) >= 11 is 0. The molecule has 0 aromatic rings. The first-order chi connectivity index (χ1) is 4.14. The van der Waals surface area contributed by atoms with Gasteiger partial charge in [-0.15, -0.1) is 0 Å². The highest BCUT2D eigenvalue weighted by Gasteiger charge is 2.37. The molecule has 0 spiro atoms. The second-order valence-electron chi connectivity index (χ2n) is 2.34. The molecular weight excluding hydrogens is 126 g/mol. The lowest BCUT2D eigenvalue weighted by molar-refractivity contribution is 0.0125. The van der Waals surface area contributed by atoms with Crippen LogP contribution in [0.2, 0.25) is 0 Å². The van der Waals surface area contributed by atoms with Crippen molar-refractivity contribution in [2.45, 2.75) is 12.3 Å². The van der Waals surface area contributed by atoms with Crippen LogP contribution in [-0.2, 0) is 0 Å². The van der Waals surface area contributed by atoms with Crippen molar-refractivity contribution in [3.8, 4) is 0 Å². The van der Waals surface area contributed by atoms with Crippen molar-refractivity contribution in [3.05, 3.63) is 0 Å². The molecule has 0 radical (unpaired) electrons. The topological polar surface area (TPSA) is 29.3 Å². The molecule has 0 aromatic carbocycles. The molecule has 1 saturated heterocycles. The van der Waals surface area contributed by atoms with E-state index >= 15 is 0 Å². The third kappa shape index (κ3) is 1.59. The van der Waals surface area contributed by atoms with E-state index in [1.54, 1.807) is 4.90 Å². The van der Waals surface area contributed by atoms with E-state index in [9.17, 15) is 8.78 Å². The number of halogens is 2. The van der Waals surface area contributed by atoms with Gasteiger partial charge in [-0.05, 0) is 0 Å². The van der Waals surface area contributed by atoms with Gasteiger partial charge in [-0.25, -0.2) is 8.78 Å². The fourth-order valence-corrected chi connectivity index (χ4v) is 0.963. The van der Waals surface area contributed by atoms with Crippen molar-refractivity contribution < 1.29 is 8.78 Å². The van der Waals surface area contributed by atoms with Crippen molar-refractivity contribution in [3.63, 3.8) is 0 Å². The summed E-state index contributed by atoms with van der Waals surface area (Å²) in [6.07, 6.45) is -0.0375. The SMILES string of the molecule is NCN1CCC(F)(F)C1. The molecule has 1 heterocycles. The highest BCUT2D eigenvalue weighted by molar-refractivity contribution is 4.80. The van der Waals surface area contributed by atoms with E-state index in [2.05, 4.69) is 0 Å². The van der Waals surface area contributed by atoms with Crippen LogP contribution < -0.4 is 5.73 Å².